The molecule has 1 aliphatic heterocycles. The van der Waals surface area contributed by atoms with Crippen molar-refractivity contribution in [2.24, 2.45) is 0 Å². The first-order valence-corrected chi connectivity index (χ1v) is 6.46. The van der Waals surface area contributed by atoms with Gasteiger partial charge in [0.1, 0.15) is 24.0 Å². The lowest BCUT2D eigenvalue weighted by molar-refractivity contribution is 0.208. The second-order valence-electron chi connectivity index (χ2n) is 4.80. The SMILES string of the molecule is COc1ccc(CN2CCn3cnnc3C2)cc1C#N. The van der Waals surface area contributed by atoms with Gasteiger partial charge in [0.25, 0.3) is 0 Å². The Labute approximate surface area is 117 Å². The Morgan fingerprint density at radius 2 is 2.30 bits per heavy atom. The molecular weight excluding hydrogens is 254 g/mol. The normalized spacial score (nSPS) is 14.6. The third kappa shape index (κ3) is 2.36. The number of hydrogen-bond donors (Lipinski definition) is 0. The van der Waals surface area contributed by atoms with Crippen LogP contribution in [0.25, 0.3) is 0 Å². The van der Waals surface area contributed by atoms with Crippen LogP contribution in [0, 0.1) is 11.3 Å². The Morgan fingerprint density at radius 1 is 1.40 bits per heavy atom. The molecule has 20 heavy (non-hydrogen) atoms. The van der Waals surface area contributed by atoms with E-state index in [0.29, 0.717) is 11.3 Å². The van der Waals surface area contributed by atoms with Crippen LogP contribution in [0.3, 0.4) is 0 Å². The van der Waals surface area contributed by atoms with Gasteiger partial charge >= 0.3 is 0 Å². The van der Waals surface area contributed by atoms with Gasteiger partial charge in [0.15, 0.2) is 0 Å². The van der Waals surface area contributed by atoms with E-state index in [1.165, 1.54) is 0 Å². The van der Waals surface area contributed by atoms with E-state index in [-0.39, 0.29) is 0 Å². The van der Waals surface area contributed by atoms with E-state index >= 15 is 0 Å². The molecule has 0 atom stereocenters. The van der Waals surface area contributed by atoms with Crippen LogP contribution in [-0.4, -0.2) is 33.3 Å². The van der Waals surface area contributed by atoms with Crippen molar-refractivity contribution in [1.29, 1.82) is 5.26 Å². The van der Waals surface area contributed by atoms with Crippen LogP contribution in [0.5, 0.6) is 5.75 Å². The Morgan fingerprint density at radius 3 is 3.10 bits per heavy atom. The van der Waals surface area contributed by atoms with Crippen LogP contribution in [0.15, 0.2) is 24.5 Å². The van der Waals surface area contributed by atoms with Gasteiger partial charge in [-0.2, -0.15) is 5.26 Å². The maximum Gasteiger partial charge on any atom is 0.147 e. The minimum absolute atomic E-state index is 0.574. The number of rotatable bonds is 3. The fraction of sp³-hybridized carbons (Fsp3) is 0.357. The summed E-state index contributed by atoms with van der Waals surface area (Å²) in [5.41, 5.74) is 1.68. The van der Waals surface area contributed by atoms with E-state index < -0.39 is 0 Å². The van der Waals surface area contributed by atoms with Crippen LogP contribution < -0.4 is 4.74 Å². The molecule has 6 nitrogen and oxygen atoms in total. The first-order valence-electron chi connectivity index (χ1n) is 6.46. The molecule has 2 aromatic rings. The minimum atomic E-state index is 0.574. The number of fused-ring (bicyclic) bond motifs is 1. The number of ether oxygens (including phenoxy) is 1. The largest absolute Gasteiger partial charge is 0.495 e. The number of benzene rings is 1. The highest BCUT2D eigenvalue weighted by Gasteiger charge is 2.17. The molecule has 0 radical (unpaired) electrons. The number of methoxy groups -OCH3 is 1. The van der Waals surface area contributed by atoms with Gasteiger partial charge in [-0.1, -0.05) is 6.07 Å². The lowest BCUT2D eigenvalue weighted by Gasteiger charge is -2.26. The third-order valence-corrected chi connectivity index (χ3v) is 3.51. The molecule has 1 aromatic carbocycles. The topological polar surface area (TPSA) is 67.0 Å². The second kappa shape index (κ2) is 5.31. The Balaban J connectivity index is 1.74. The Bertz CT molecular complexity index is 658. The highest BCUT2D eigenvalue weighted by Crippen LogP contribution is 2.21. The van der Waals surface area contributed by atoms with Gasteiger partial charge in [-0.3, -0.25) is 4.90 Å². The van der Waals surface area contributed by atoms with E-state index in [0.717, 1.165) is 37.6 Å². The van der Waals surface area contributed by atoms with Crippen LogP contribution in [0.4, 0.5) is 0 Å². The molecule has 0 aliphatic carbocycles. The molecule has 1 aliphatic rings. The number of nitrogens with zero attached hydrogens (tertiary/aromatic N) is 5. The molecule has 3 rings (SSSR count). The van der Waals surface area contributed by atoms with Gasteiger partial charge in [-0.25, -0.2) is 0 Å². The lowest BCUT2D eigenvalue weighted by atomic mass is 10.1. The maximum absolute atomic E-state index is 9.12. The van der Waals surface area contributed by atoms with Crippen molar-refractivity contribution in [1.82, 2.24) is 19.7 Å². The van der Waals surface area contributed by atoms with E-state index in [1.54, 1.807) is 13.4 Å². The van der Waals surface area contributed by atoms with E-state index in [1.807, 2.05) is 18.2 Å². The molecule has 0 spiro atoms. The summed E-state index contributed by atoms with van der Waals surface area (Å²) in [6, 6.07) is 7.90. The summed E-state index contributed by atoms with van der Waals surface area (Å²) < 4.78 is 7.23. The molecule has 0 N–H and O–H groups in total. The molecule has 0 unspecified atom stereocenters. The first-order chi connectivity index (χ1) is 9.80. The molecule has 0 bridgehead atoms. The van der Waals surface area contributed by atoms with Crippen molar-refractivity contribution in [2.45, 2.75) is 19.6 Å². The lowest BCUT2D eigenvalue weighted by Crippen LogP contribution is -2.33. The Hall–Kier alpha value is -2.39. The zero-order chi connectivity index (χ0) is 13.9. The Kier molecular flexibility index (Phi) is 3.35. The van der Waals surface area contributed by atoms with Crippen molar-refractivity contribution in [3.63, 3.8) is 0 Å². The summed E-state index contributed by atoms with van der Waals surface area (Å²) >= 11 is 0. The molecule has 102 valence electrons. The predicted octanol–water partition coefficient (Wildman–Crippen LogP) is 1.17. The van der Waals surface area contributed by atoms with Crippen molar-refractivity contribution in [3.05, 3.63) is 41.5 Å². The van der Waals surface area contributed by atoms with Crippen molar-refractivity contribution < 1.29 is 4.74 Å². The number of nitriles is 1. The molecule has 0 fully saturated rings. The highest BCUT2D eigenvalue weighted by molar-refractivity contribution is 5.45. The summed E-state index contributed by atoms with van der Waals surface area (Å²) in [6.45, 7) is 3.45. The summed E-state index contributed by atoms with van der Waals surface area (Å²) in [5.74, 6) is 1.61. The molecule has 0 saturated heterocycles. The second-order valence-corrected chi connectivity index (χ2v) is 4.80. The summed E-state index contributed by atoms with van der Waals surface area (Å²) in [6.07, 6.45) is 1.77. The summed E-state index contributed by atoms with van der Waals surface area (Å²) in [4.78, 5) is 2.30. The van der Waals surface area contributed by atoms with E-state index in [9.17, 15) is 0 Å². The number of aromatic nitrogens is 3. The van der Waals surface area contributed by atoms with Crippen LogP contribution in [-0.2, 0) is 19.6 Å². The predicted molar refractivity (Wildman–Crippen MR) is 71.8 cm³/mol. The molecule has 2 heterocycles. The first kappa shape index (κ1) is 12.6. The quantitative estimate of drug-likeness (QED) is 0.837. The average Bonchev–Trinajstić information content (AvgIpc) is 2.94. The van der Waals surface area contributed by atoms with Gasteiger partial charge in [-0.15, -0.1) is 10.2 Å². The minimum Gasteiger partial charge on any atom is -0.495 e. The standard InChI is InChI=1S/C14H15N5O/c1-20-13-3-2-11(6-12(13)7-15)8-18-4-5-19-10-16-17-14(19)9-18/h2-3,6,10H,4-5,8-9H2,1H3. The summed E-state index contributed by atoms with van der Waals surface area (Å²) in [5, 5.41) is 17.1. The zero-order valence-electron chi connectivity index (χ0n) is 11.3. The van der Waals surface area contributed by atoms with Gasteiger partial charge < -0.3 is 9.30 Å². The molecule has 0 amide bonds. The maximum atomic E-state index is 9.12. The van der Waals surface area contributed by atoms with Crippen molar-refractivity contribution in [3.8, 4) is 11.8 Å². The fourth-order valence-corrected chi connectivity index (χ4v) is 2.45. The van der Waals surface area contributed by atoms with E-state index in [4.69, 9.17) is 10.00 Å². The molecule has 6 heteroatoms. The van der Waals surface area contributed by atoms with Gasteiger partial charge in [0.05, 0.1) is 19.2 Å². The number of hydrogen-bond acceptors (Lipinski definition) is 5. The van der Waals surface area contributed by atoms with Crippen molar-refractivity contribution in [2.75, 3.05) is 13.7 Å². The smallest absolute Gasteiger partial charge is 0.147 e. The van der Waals surface area contributed by atoms with Crippen LogP contribution >= 0.6 is 0 Å². The van der Waals surface area contributed by atoms with Gasteiger partial charge in [0.2, 0.25) is 0 Å². The van der Waals surface area contributed by atoms with Gasteiger partial charge in [-0.05, 0) is 17.7 Å². The highest BCUT2D eigenvalue weighted by atomic mass is 16.5. The average molecular weight is 269 g/mol. The van der Waals surface area contributed by atoms with E-state index in [2.05, 4.69) is 25.7 Å². The third-order valence-electron chi connectivity index (χ3n) is 3.51. The molecule has 0 saturated carbocycles. The van der Waals surface area contributed by atoms with Crippen LogP contribution in [0.2, 0.25) is 0 Å². The summed E-state index contributed by atoms with van der Waals surface area (Å²) in [7, 11) is 1.58. The van der Waals surface area contributed by atoms with Crippen molar-refractivity contribution >= 4 is 0 Å². The zero-order valence-corrected chi connectivity index (χ0v) is 11.3. The monoisotopic (exact) mass is 269 g/mol. The molecular formula is C14H15N5O. The van der Waals surface area contributed by atoms with Crippen LogP contribution in [0.1, 0.15) is 17.0 Å². The fourth-order valence-electron chi connectivity index (χ4n) is 2.45. The van der Waals surface area contributed by atoms with Gasteiger partial charge in [0, 0.05) is 19.6 Å². The molecule has 1 aromatic heterocycles.